The number of nitrogens with one attached hydrogen (secondary N) is 2. The lowest BCUT2D eigenvalue weighted by molar-refractivity contribution is 0.0299. The van der Waals surface area contributed by atoms with Crippen LogP contribution in [0.3, 0.4) is 0 Å². The van der Waals surface area contributed by atoms with Crippen LogP contribution in [-0.2, 0) is 9.47 Å². The summed E-state index contributed by atoms with van der Waals surface area (Å²) in [6, 6.07) is 14.9. The Balaban J connectivity index is 1.57. The molecular formula is C24H31N3O4. The van der Waals surface area contributed by atoms with Crippen molar-refractivity contribution in [3.8, 4) is 0 Å². The van der Waals surface area contributed by atoms with Crippen LogP contribution in [0, 0.1) is 13.8 Å². The van der Waals surface area contributed by atoms with Gasteiger partial charge in [0, 0.05) is 17.9 Å². The molecule has 166 valence electrons. The maximum Gasteiger partial charge on any atom is 0.412 e. The molecule has 7 nitrogen and oxygen atoms in total. The third-order valence-electron chi connectivity index (χ3n) is 5.31. The molecule has 1 aliphatic heterocycles. The van der Waals surface area contributed by atoms with Gasteiger partial charge in [-0.2, -0.15) is 0 Å². The highest BCUT2D eigenvalue weighted by molar-refractivity contribution is 5.87. The number of hydrogen-bond donors (Lipinski definition) is 2. The Bertz CT molecular complexity index is 846. The molecule has 0 aromatic heterocycles. The highest BCUT2D eigenvalue weighted by Gasteiger charge is 2.22. The summed E-state index contributed by atoms with van der Waals surface area (Å²) in [5.74, 6) is 0. The van der Waals surface area contributed by atoms with Crippen molar-refractivity contribution in [3.63, 3.8) is 0 Å². The van der Waals surface area contributed by atoms with E-state index in [9.17, 15) is 9.59 Å². The second kappa shape index (κ2) is 11.4. The van der Waals surface area contributed by atoms with E-state index < -0.39 is 18.3 Å². The number of likely N-dealkylation sites (tertiary alicyclic amines) is 1. The number of piperidine rings is 1. The number of rotatable bonds is 7. The van der Waals surface area contributed by atoms with Crippen LogP contribution in [0.5, 0.6) is 0 Å². The van der Waals surface area contributed by atoms with Crippen molar-refractivity contribution in [2.75, 3.05) is 36.9 Å². The van der Waals surface area contributed by atoms with E-state index in [4.69, 9.17) is 9.47 Å². The molecule has 1 aliphatic rings. The fourth-order valence-electron chi connectivity index (χ4n) is 3.69. The van der Waals surface area contributed by atoms with Crippen molar-refractivity contribution >= 4 is 23.6 Å². The lowest BCUT2D eigenvalue weighted by atomic mass is 10.1. The van der Waals surface area contributed by atoms with E-state index in [1.807, 2.05) is 50.2 Å². The number of benzene rings is 2. The molecule has 0 radical (unpaired) electrons. The van der Waals surface area contributed by atoms with Crippen molar-refractivity contribution in [1.82, 2.24) is 4.90 Å². The lowest BCUT2D eigenvalue weighted by Crippen LogP contribution is -2.41. The van der Waals surface area contributed by atoms with Crippen molar-refractivity contribution < 1.29 is 19.1 Å². The summed E-state index contributed by atoms with van der Waals surface area (Å²) in [5, 5.41) is 5.52. The molecule has 1 unspecified atom stereocenters. The Hall–Kier alpha value is -3.06. The van der Waals surface area contributed by atoms with Gasteiger partial charge in [0.15, 0.2) is 6.10 Å². The van der Waals surface area contributed by atoms with Crippen molar-refractivity contribution in [2.24, 2.45) is 0 Å². The Morgan fingerprint density at radius 1 is 0.903 bits per heavy atom. The first-order valence-electron chi connectivity index (χ1n) is 10.8. The Kier molecular flexibility index (Phi) is 8.29. The molecule has 1 fully saturated rings. The van der Waals surface area contributed by atoms with Gasteiger partial charge in [0.25, 0.3) is 0 Å². The maximum atomic E-state index is 12.4. The molecule has 0 saturated carbocycles. The van der Waals surface area contributed by atoms with E-state index >= 15 is 0 Å². The monoisotopic (exact) mass is 425 g/mol. The van der Waals surface area contributed by atoms with Crippen LogP contribution in [0.25, 0.3) is 0 Å². The van der Waals surface area contributed by atoms with E-state index in [1.54, 1.807) is 12.1 Å². The first kappa shape index (κ1) is 22.6. The van der Waals surface area contributed by atoms with Crippen LogP contribution in [0.4, 0.5) is 21.0 Å². The van der Waals surface area contributed by atoms with E-state index in [0.717, 1.165) is 42.7 Å². The average molecular weight is 426 g/mol. The van der Waals surface area contributed by atoms with Crippen molar-refractivity contribution in [2.45, 2.75) is 39.2 Å². The summed E-state index contributed by atoms with van der Waals surface area (Å²) in [6.45, 7) is 6.27. The molecule has 2 aromatic carbocycles. The molecule has 2 aromatic rings. The Labute approximate surface area is 183 Å². The number of para-hydroxylation sites is 2. The van der Waals surface area contributed by atoms with Crippen LogP contribution in [0.1, 0.15) is 30.4 Å². The van der Waals surface area contributed by atoms with Gasteiger partial charge in [-0.15, -0.1) is 0 Å². The molecule has 2 N–H and O–H groups in total. The van der Waals surface area contributed by atoms with Crippen LogP contribution < -0.4 is 10.6 Å². The minimum Gasteiger partial charge on any atom is -0.445 e. The first-order valence-corrected chi connectivity index (χ1v) is 10.8. The summed E-state index contributed by atoms with van der Waals surface area (Å²) < 4.78 is 11.0. The summed E-state index contributed by atoms with van der Waals surface area (Å²) >= 11 is 0. The van der Waals surface area contributed by atoms with Crippen molar-refractivity contribution in [3.05, 3.63) is 59.7 Å². The lowest BCUT2D eigenvalue weighted by Gasteiger charge is -2.30. The fraction of sp³-hybridized carbons (Fsp3) is 0.417. The van der Waals surface area contributed by atoms with E-state index in [-0.39, 0.29) is 6.61 Å². The summed E-state index contributed by atoms with van der Waals surface area (Å²) in [7, 11) is 0. The number of ether oxygens (including phenoxy) is 2. The third kappa shape index (κ3) is 7.29. The van der Waals surface area contributed by atoms with Gasteiger partial charge >= 0.3 is 12.2 Å². The molecule has 3 rings (SSSR count). The summed E-state index contributed by atoms with van der Waals surface area (Å²) in [6.07, 6.45) is 1.77. The van der Waals surface area contributed by atoms with E-state index in [2.05, 4.69) is 15.5 Å². The molecule has 31 heavy (non-hydrogen) atoms. The van der Waals surface area contributed by atoms with Gasteiger partial charge in [-0.1, -0.05) is 42.8 Å². The maximum absolute atomic E-state index is 12.4. The first-order chi connectivity index (χ1) is 15.0. The zero-order valence-corrected chi connectivity index (χ0v) is 18.2. The predicted molar refractivity (Wildman–Crippen MR) is 122 cm³/mol. The molecule has 7 heteroatoms. The number of aryl methyl sites for hydroxylation is 2. The molecule has 0 aliphatic carbocycles. The van der Waals surface area contributed by atoms with Crippen LogP contribution in [0.2, 0.25) is 0 Å². The van der Waals surface area contributed by atoms with Gasteiger partial charge in [-0.05, 0) is 63.0 Å². The number of anilines is 2. The quantitative estimate of drug-likeness (QED) is 0.656. The average Bonchev–Trinajstić information content (AvgIpc) is 2.76. The third-order valence-corrected chi connectivity index (χ3v) is 5.31. The minimum atomic E-state index is -0.564. The van der Waals surface area contributed by atoms with Gasteiger partial charge in [0.2, 0.25) is 0 Å². The fourth-order valence-corrected chi connectivity index (χ4v) is 3.69. The Morgan fingerprint density at radius 3 is 2.26 bits per heavy atom. The van der Waals surface area contributed by atoms with Gasteiger partial charge in [0.1, 0.15) is 6.61 Å². The highest BCUT2D eigenvalue weighted by atomic mass is 16.6. The SMILES string of the molecule is Cc1cccc(C)c1NC(=O)OCC(CN1CCCCC1)OC(=O)Nc1ccccc1. The molecule has 1 heterocycles. The summed E-state index contributed by atoms with van der Waals surface area (Å²) in [5.41, 5.74) is 3.31. The molecule has 0 spiro atoms. The topological polar surface area (TPSA) is 79.9 Å². The van der Waals surface area contributed by atoms with Crippen LogP contribution in [-0.4, -0.2) is 49.4 Å². The number of amides is 2. The second-order valence-corrected chi connectivity index (χ2v) is 7.87. The summed E-state index contributed by atoms with van der Waals surface area (Å²) in [4.78, 5) is 27.0. The minimum absolute atomic E-state index is 0.0184. The standard InChI is InChI=1S/C24H31N3O4/c1-18-10-9-11-19(2)22(18)26-23(28)30-17-21(16-27-14-7-4-8-15-27)31-24(29)25-20-12-5-3-6-13-20/h3,5-6,9-13,21H,4,7-8,14-17H2,1-2H3,(H,25,29)(H,26,28). The molecule has 0 bridgehead atoms. The van der Waals surface area contributed by atoms with Gasteiger partial charge < -0.3 is 9.47 Å². The van der Waals surface area contributed by atoms with Gasteiger partial charge in [-0.3, -0.25) is 15.5 Å². The number of hydrogen-bond acceptors (Lipinski definition) is 5. The Morgan fingerprint density at radius 2 is 1.58 bits per heavy atom. The highest BCUT2D eigenvalue weighted by Crippen LogP contribution is 2.19. The van der Waals surface area contributed by atoms with Crippen LogP contribution >= 0.6 is 0 Å². The zero-order chi connectivity index (χ0) is 22.1. The zero-order valence-electron chi connectivity index (χ0n) is 18.2. The molecular weight excluding hydrogens is 394 g/mol. The largest absolute Gasteiger partial charge is 0.445 e. The van der Waals surface area contributed by atoms with E-state index in [0.29, 0.717) is 12.2 Å². The van der Waals surface area contributed by atoms with E-state index in [1.165, 1.54) is 6.42 Å². The predicted octanol–water partition coefficient (Wildman–Crippen LogP) is 4.96. The molecule has 1 atom stereocenters. The number of carbonyl (C=O) groups is 2. The second-order valence-electron chi connectivity index (χ2n) is 7.87. The molecule has 2 amide bonds. The normalized spacial score (nSPS) is 15.0. The van der Waals surface area contributed by atoms with Gasteiger partial charge in [-0.25, -0.2) is 9.59 Å². The van der Waals surface area contributed by atoms with Crippen molar-refractivity contribution in [1.29, 1.82) is 0 Å². The number of carbonyl (C=O) groups excluding carboxylic acids is 2. The van der Waals surface area contributed by atoms with Gasteiger partial charge in [0.05, 0.1) is 0 Å². The molecule has 1 saturated heterocycles. The smallest absolute Gasteiger partial charge is 0.412 e. The van der Waals surface area contributed by atoms with Crippen LogP contribution in [0.15, 0.2) is 48.5 Å². The number of nitrogens with zero attached hydrogens (tertiary/aromatic N) is 1.